The molecular formula is C6H16N2O6P2S. The van der Waals surface area contributed by atoms with Crippen molar-refractivity contribution in [3.63, 3.8) is 0 Å². The van der Waals surface area contributed by atoms with E-state index in [1.54, 1.807) is 20.8 Å². The van der Waals surface area contributed by atoms with Crippen molar-refractivity contribution in [2.45, 2.75) is 31.8 Å². The van der Waals surface area contributed by atoms with Crippen molar-refractivity contribution in [3.05, 3.63) is 0 Å². The van der Waals surface area contributed by atoms with Gasteiger partial charge in [-0.25, -0.2) is 0 Å². The Morgan fingerprint density at radius 2 is 1.47 bits per heavy atom. The molecule has 6 N–H and O–H groups in total. The van der Waals surface area contributed by atoms with Crippen LogP contribution in [0.3, 0.4) is 0 Å². The zero-order valence-corrected chi connectivity index (χ0v) is 12.1. The first-order valence-corrected chi connectivity index (χ1v) is 8.20. The van der Waals surface area contributed by atoms with E-state index in [0.717, 1.165) is 0 Å². The molecule has 0 unspecified atom stereocenters. The lowest BCUT2D eigenvalue weighted by atomic mass is 10.1. The van der Waals surface area contributed by atoms with Crippen LogP contribution in [0, 0.1) is 0 Å². The maximum absolute atomic E-state index is 10.9. The minimum Gasteiger partial charge on any atom is -0.358 e. The van der Waals surface area contributed by atoms with E-state index in [1.165, 1.54) is 0 Å². The average molecular weight is 306 g/mol. The fraction of sp³-hybridized carbons (Fsp3) is 0.833. The Kier molecular flexibility index (Phi) is 5.32. The lowest BCUT2D eigenvalue weighted by Crippen LogP contribution is -2.49. The highest BCUT2D eigenvalue weighted by atomic mass is 32.1. The third-order valence-corrected chi connectivity index (χ3v) is 4.94. The van der Waals surface area contributed by atoms with E-state index in [1.807, 2.05) is 5.32 Å². The van der Waals surface area contributed by atoms with Crippen LogP contribution in [0.4, 0.5) is 0 Å². The maximum atomic E-state index is 10.9. The lowest BCUT2D eigenvalue weighted by molar-refractivity contribution is 0.334. The second kappa shape index (κ2) is 5.32. The lowest BCUT2D eigenvalue weighted by Gasteiger charge is -2.27. The van der Waals surface area contributed by atoms with Crippen LogP contribution in [0.2, 0.25) is 0 Å². The summed E-state index contributed by atoms with van der Waals surface area (Å²) in [5.41, 5.74) is -2.84. The number of hydrogen-bond acceptors (Lipinski definition) is 3. The molecule has 102 valence electrons. The second-order valence-electron chi connectivity index (χ2n) is 4.40. The van der Waals surface area contributed by atoms with Crippen LogP contribution in [0.1, 0.15) is 20.8 Å². The third-order valence-electron chi connectivity index (χ3n) is 1.39. The SMILES string of the molecule is CC(C)(C)NC(=S)NC(P(=O)(O)O)P(=O)(O)O. The zero-order valence-electron chi connectivity index (χ0n) is 9.49. The van der Waals surface area contributed by atoms with Crippen LogP contribution in [0.25, 0.3) is 0 Å². The van der Waals surface area contributed by atoms with Gasteiger partial charge in [-0.3, -0.25) is 9.13 Å². The normalized spacial score (nSPS) is 13.6. The highest BCUT2D eigenvalue weighted by Gasteiger charge is 2.44. The molecule has 17 heavy (non-hydrogen) atoms. The Morgan fingerprint density at radius 3 is 1.71 bits per heavy atom. The molecule has 0 aromatic heterocycles. The van der Waals surface area contributed by atoms with Crippen LogP contribution < -0.4 is 10.6 Å². The van der Waals surface area contributed by atoms with Gasteiger partial charge in [0.15, 0.2) is 5.11 Å². The molecule has 8 nitrogen and oxygen atoms in total. The summed E-state index contributed by atoms with van der Waals surface area (Å²) >= 11 is 4.71. The summed E-state index contributed by atoms with van der Waals surface area (Å²) < 4.78 is 21.9. The summed E-state index contributed by atoms with van der Waals surface area (Å²) in [6.45, 7) is 5.18. The maximum Gasteiger partial charge on any atom is 0.360 e. The molecule has 0 spiro atoms. The molecule has 0 bridgehead atoms. The van der Waals surface area contributed by atoms with E-state index in [2.05, 4.69) is 5.32 Å². The zero-order chi connectivity index (χ0) is 14.1. The van der Waals surface area contributed by atoms with Gasteiger partial charge in [-0.05, 0) is 33.0 Å². The molecule has 0 aromatic carbocycles. The summed E-state index contributed by atoms with van der Waals surface area (Å²) in [6.07, 6.45) is 0. The van der Waals surface area contributed by atoms with Crippen molar-refractivity contribution in [3.8, 4) is 0 Å². The van der Waals surface area contributed by atoms with Crippen LogP contribution in [0.5, 0.6) is 0 Å². The fourth-order valence-electron chi connectivity index (χ4n) is 0.858. The van der Waals surface area contributed by atoms with Crippen molar-refractivity contribution in [1.82, 2.24) is 10.6 Å². The highest BCUT2D eigenvalue weighted by molar-refractivity contribution is 7.80. The largest absolute Gasteiger partial charge is 0.360 e. The van der Waals surface area contributed by atoms with Crippen LogP contribution >= 0.6 is 27.4 Å². The third kappa shape index (κ3) is 7.10. The molecule has 0 rings (SSSR count). The molecule has 0 aliphatic rings. The monoisotopic (exact) mass is 306 g/mol. The van der Waals surface area contributed by atoms with Gasteiger partial charge in [0, 0.05) is 5.54 Å². The summed E-state index contributed by atoms with van der Waals surface area (Å²) in [5.74, 6) is 0. The van der Waals surface area contributed by atoms with Gasteiger partial charge in [0.2, 0.25) is 5.52 Å². The number of hydrogen-bond donors (Lipinski definition) is 6. The molecule has 0 aliphatic carbocycles. The van der Waals surface area contributed by atoms with Gasteiger partial charge in [0.05, 0.1) is 0 Å². The first-order valence-electron chi connectivity index (χ1n) is 4.42. The van der Waals surface area contributed by atoms with Crippen molar-refractivity contribution >= 4 is 32.5 Å². The van der Waals surface area contributed by atoms with E-state index in [9.17, 15) is 9.13 Å². The molecule has 0 aliphatic heterocycles. The summed E-state index contributed by atoms with van der Waals surface area (Å²) in [4.78, 5) is 35.3. The van der Waals surface area contributed by atoms with Gasteiger partial charge in [0.1, 0.15) is 0 Å². The predicted octanol–water partition coefficient (Wildman–Crippen LogP) is -0.112. The Balaban J connectivity index is 4.88. The van der Waals surface area contributed by atoms with E-state index >= 15 is 0 Å². The van der Waals surface area contributed by atoms with Gasteiger partial charge < -0.3 is 30.2 Å². The molecule has 0 atom stereocenters. The van der Waals surface area contributed by atoms with Crippen LogP contribution in [-0.4, -0.2) is 35.7 Å². The Bertz CT molecular complexity index is 360. The standard InChI is InChI=1S/C6H16N2O6P2S/c1-6(2,3)8-4(17)7-5(15(9,10)11)16(12,13)14/h5H,1-3H3,(H2,7,8,17)(H2,9,10,11)(H2,12,13,14). The molecule has 0 saturated heterocycles. The molecular weight excluding hydrogens is 290 g/mol. The number of nitrogens with one attached hydrogen (secondary N) is 2. The van der Waals surface area contributed by atoms with Gasteiger partial charge in [0.25, 0.3) is 0 Å². The molecule has 0 heterocycles. The Hall–Kier alpha value is -0.0100. The van der Waals surface area contributed by atoms with Gasteiger partial charge in [-0.1, -0.05) is 0 Å². The van der Waals surface area contributed by atoms with Crippen molar-refractivity contribution in [1.29, 1.82) is 0 Å². The van der Waals surface area contributed by atoms with Crippen LogP contribution in [0.15, 0.2) is 0 Å². The molecule has 11 heteroatoms. The van der Waals surface area contributed by atoms with Gasteiger partial charge in [-0.15, -0.1) is 0 Å². The minimum atomic E-state index is -5.02. The fourth-order valence-corrected chi connectivity index (χ4v) is 3.62. The smallest absolute Gasteiger partial charge is 0.358 e. The summed E-state index contributed by atoms with van der Waals surface area (Å²) in [7, 11) is -10.0. The summed E-state index contributed by atoms with van der Waals surface area (Å²) in [6, 6.07) is 0. The van der Waals surface area contributed by atoms with Crippen molar-refractivity contribution < 1.29 is 28.7 Å². The molecule has 0 aromatic rings. The van der Waals surface area contributed by atoms with Crippen molar-refractivity contribution in [2.24, 2.45) is 0 Å². The quantitative estimate of drug-likeness (QED) is 0.311. The highest BCUT2D eigenvalue weighted by Crippen LogP contribution is 2.58. The van der Waals surface area contributed by atoms with E-state index in [4.69, 9.17) is 31.8 Å². The van der Waals surface area contributed by atoms with E-state index < -0.39 is 26.3 Å². The number of thiocarbonyl (C=S) groups is 1. The first-order chi connectivity index (χ1) is 7.23. The van der Waals surface area contributed by atoms with Gasteiger partial charge in [-0.2, -0.15) is 0 Å². The summed E-state index contributed by atoms with van der Waals surface area (Å²) in [5, 5.41) is 4.33. The molecule has 0 fully saturated rings. The first kappa shape index (κ1) is 17.0. The minimum absolute atomic E-state index is 0.242. The van der Waals surface area contributed by atoms with E-state index in [0.29, 0.717) is 0 Å². The molecule has 0 amide bonds. The van der Waals surface area contributed by atoms with Gasteiger partial charge >= 0.3 is 15.2 Å². The Morgan fingerprint density at radius 1 is 1.12 bits per heavy atom. The van der Waals surface area contributed by atoms with Crippen LogP contribution in [-0.2, 0) is 9.13 Å². The molecule has 0 radical (unpaired) electrons. The second-order valence-corrected chi connectivity index (χ2v) is 8.61. The van der Waals surface area contributed by atoms with Crippen molar-refractivity contribution in [2.75, 3.05) is 0 Å². The predicted molar refractivity (Wildman–Crippen MR) is 66.5 cm³/mol. The average Bonchev–Trinajstić information content (AvgIpc) is 1.91. The Labute approximate surface area is 104 Å². The topological polar surface area (TPSA) is 139 Å². The van der Waals surface area contributed by atoms with E-state index in [-0.39, 0.29) is 5.11 Å². The number of rotatable bonds is 3. The molecule has 0 saturated carbocycles.